The highest BCUT2D eigenvalue weighted by Gasteiger charge is 2.31. The minimum atomic E-state index is -0.767. The van der Waals surface area contributed by atoms with E-state index in [-0.39, 0.29) is 18.0 Å². The number of piperidine rings is 1. The standard InChI is InChI=1S/C13H20N4O3/c1-9-6-10(12(18)19)3-5-17(9)13(20)15-4-2-11-7-14-8-16-11/h7-10H,2-6H2,1H3,(H,14,16)(H,15,20)(H,18,19). The number of likely N-dealkylation sites (tertiary alicyclic amines) is 1. The summed E-state index contributed by atoms with van der Waals surface area (Å²) in [5.74, 6) is -1.10. The van der Waals surface area contributed by atoms with Gasteiger partial charge in [-0.15, -0.1) is 0 Å². The summed E-state index contributed by atoms with van der Waals surface area (Å²) in [6.45, 7) is 2.92. The number of imidazole rings is 1. The average molecular weight is 280 g/mol. The summed E-state index contributed by atoms with van der Waals surface area (Å²) in [7, 11) is 0. The van der Waals surface area contributed by atoms with Crippen LogP contribution >= 0.6 is 0 Å². The lowest BCUT2D eigenvalue weighted by molar-refractivity contribution is -0.143. The number of carboxylic acids is 1. The van der Waals surface area contributed by atoms with Crippen LogP contribution in [0, 0.1) is 5.92 Å². The SMILES string of the molecule is CC1CC(C(=O)O)CCN1C(=O)NCCc1cnc[nH]1. The number of carboxylic acid groups (broad SMARTS) is 1. The molecule has 2 amide bonds. The van der Waals surface area contributed by atoms with Gasteiger partial charge in [-0.2, -0.15) is 0 Å². The van der Waals surface area contributed by atoms with Crippen molar-refractivity contribution in [3.05, 3.63) is 18.2 Å². The summed E-state index contributed by atoms with van der Waals surface area (Å²) in [5.41, 5.74) is 0.975. The highest BCUT2D eigenvalue weighted by molar-refractivity contribution is 5.75. The zero-order valence-corrected chi connectivity index (χ0v) is 11.5. The quantitative estimate of drug-likeness (QED) is 0.761. The summed E-state index contributed by atoms with van der Waals surface area (Å²) >= 11 is 0. The van der Waals surface area contributed by atoms with Crippen molar-refractivity contribution >= 4 is 12.0 Å². The number of aromatic amines is 1. The Labute approximate surface area is 117 Å². The van der Waals surface area contributed by atoms with Gasteiger partial charge in [-0.25, -0.2) is 9.78 Å². The third-order valence-electron chi connectivity index (χ3n) is 3.71. The van der Waals surface area contributed by atoms with Gasteiger partial charge < -0.3 is 20.3 Å². The van der Waals surface area contributed by atoms with Gasteiger partial charge in [-0.1, -0.05) is 0 Å². The Morgan fingerprint density at radius 3 is 3.00 bits per heavy atom. The molecular formula is C13H20N4O3. The highest BCUT2D eigenvalue weighted by atomic mass is 16.4. The Balaban J connectivity index is 1.76. The number of H-pyrrole nitrogens is 1. The van der Waals surface area contributed by atoms with Crippen LogP contribution in [0.2, 0.25) is 0 Å². The molecule has 3 N–H and O–H groups in total. The monoisotopic (exact) mass is 280 g/mol. The van der Waals surface area contributed by atoms with Gasteiger partial charge in [-0.05, 0) is 19.8 Å². The van der Waals surface area contributed by atoms with Gasteiger partial charge >= 0.3 is 12.0 Å². The Bertz CT molecular complexity index is 460. The molecule has 1 aliphatic rings. The predicted molar refractivity (Wildman–Crippen MR) is 72.2 cm³/mol. The summed E-state index contributed by atoms with van der Waals surface area (Å²) in [4.78, 5) is 31.6. The highest BCUT2D eigenvalue weighted by Crippen LogP contribution is 2.22. The van der Waals surface area contributed by atoms with Crippen molar-refractivity contribution in [3.63, 3.8) is 0 Å². The van der Waals surface area contributed by atoms with Crippen LogP contribution in [0.4, 0.5) is 4.79 Å². The van der Waals surface area contributed by atoms with Crippen LogP contribution in [-0.2, 0) is 11.2 Å². The minimum absolute atomic E-state index is 0.0444. The lowest BCUT2D eigenvalue weighted by Gasteiger charge is -2.36. The number of hydrogen-bond donors (Lipinski definition) is 3. The van der Waals surface area contributed by atoms with Gasteiger partial charge in [0.1, 0.15) is 0 Å². The van der Waals surface area contributed by atoms with Crippen molar-refractivity contribution in [1.82, 2.24) is 20.2 Å². The van der Waals surface area contributed by atoms with Crippen LogP contribution in [-0.4, -0.2) is 51.1 Å². The first-order chi connectivity index (χ1) is 9.58. The summed E-state index contributed by atoms with van der Waals surface area (Å²) < 4.78 is 0. The third-order valence-corrected chi connectivity index (χ3v) is 3.71. The molecule has 0 bridgehead atoms. The zero-order chi connectivity index (χ0) is 14.5. The smallest absolute Gasteiger partial charge is 0.317 e. The topological polar surface area (TPSA) is 98.3 Å². The van der Waals surface area contributed by atoms with Crippen LogP contribution in [0.15, 0.2) is 12.5 Å². The average Bonchev–Trinajstić information content (AvgIpc) is 2.91. The molecule has 0 aliphatic carbocycles. The summed E-state index contributed by atoms with van der Waals surface area (Å²) in [6.07, 6.45) is 5.08. The van der Waals surface area contributed by atoms with Crippen molar-refractivity contribution < 1.29 is 14.7 Å². The van der Waals surface area contributed by atoms with E-state index in [4.69, 9.17) is 5.11 Å². The van der Waals surface area contributed by atoms with Gasteiger partial charge in [0.15, 0.2) is 0 Å². The zero-order valence-electron chi connectivity index (χ0n) is 11.5. The Morgan fingerprint density at radius 2 is 2.40 bits per heavy atom. The third kappa shape index (κ3) is 3.49. The number of carbonyl (C=O) groups is 2. The van der Waals surface area contributed by atoms with Crippen molar-refractivity contribution in [2.45, 2.75) is 32.2 Å². The number of aromatic nitrogens is 2. The van der Waals surface area contributed by atoms with E-state index in [2.05, 4.69) is 15.3 Å². The lowest BCUT2D eigenvalue weighted by Crippen LogP contribution is -2.50. The molecule has 2 unspecified atom stereocenters. The number of rotatable bonds is 4. The Hall–Kier alpha value is -2.05. The minimum Gasteiger partial charge on any atom is -0.481 e. The van der Waals surface area contributed by atoms with E-state index in [1.165, 1.54) is 0 Å². The molecule has 0 spiro atoms. The van der Waals surface area contributed by atoms with Gasteiger partial charge in [0.25, 0.3) is 0 Å². The van der Waals surface area contributed by atoms with Gasteiger partial charge in [0, 0.05) is 37.4 Å². The molecule has 2 heterocycles. The molecule has 110 valence electrons. The van der Waals surface area contributed by atoms with Crippen molar-refractivity contribution in [1.29, 1.82) is 0 Å². The van der Waals surface area contributed by atoms with Crippen LogP contribution in [0.3, 0.4) is 0 Å². The van der Waals surface area contributed by atoms with E-state index in [1.54, 1.807) is 17.4 Å². The van der Waals surface area contributed by atoms with Crippen LogP contribution in [0.1, 0.15) is 25.5 Å². The first-order valence-electron chi connectivity index (χ1n) is 6.82. The summed E-state index contributed by atoms with van der Waals surface area (Å²) in [6, 6.07) is -0.169. The van der Waals surface area contributed by atoms with E-state index >= 15 is 0 Å². The molecular weight excluding hydrogens is 260 g/mol. The number of carbonyl (C=O) groups excluding carboxylic acids is 1. The van der Waals surface area contributed by atoms with Crippen molar-refractivity contribution in [2.75, 3.05) is 13.1 Å². The van der Waals surface area contributed by atoms with E-state index in [0.29, 0.717) is 32.4 Å². The van der Waals surface area contributed by atoms with Crippen LogP contribution in [0.5, 0.6) is 0 Å². The molecule has 0 saturated carbocycles. The maximum atomic E-state index is 12.1. The first kappa shape index (κ1) is 14.4. The predicted octanol–water partition coefficient (Wildman–Crippen LogP) is 0.847. The number of nitrogens with zero attached hydrogens (tertiary/aromatic N) is 2. The van der Waals surface area contributed by atoms with Gasteiger partial charge in [-0.3, -0.25) is 4.79 Å². The molecule has 1 aromatic heterocycles. The molecule has 7 nitrogen and oxygen atoms in total. The van der Waals surface area contributed by atoms with Crippen LogP contribution < -0.4 is 5.32 Å². The number of nitrogens with one attached hydrogen (secondary N) is 2. The maximum absolute atomic E-state index is 12.1. The van der Waals surface area contributed by atoms with E-state index < -0.39 is 5.97 Å². The fourth-order valence-corrected chi connectivity index (χ4v) is 2.53. The fraction of sp³-hybridized carbons (Fsp3) is 0.615. The molecule has 1 aromatic rings. The number of urea groups is 1. The Morgan fingerprint density at radius 1 is 1.60 bits per heavy atom. The maximum Gasteiger partial charge on any atom is 0.317 e. The second-order valence-electron chi connectivity index (χ2n) is 5.16. The largest absolute Gasteiger partial charge is 0.481 e. The number of hydrogen-bond acceptors (Lipinski definition) is 3. The first-order valence-corrected chi connectivity index (χ1v) is 6.82. The molecule has 1 fully saturated rings. The number of amides is 2. The van der Waals surface area contributed by atoms with Gasteiger partial charge in [0.2, 0.25) is 0 Å². The van der Waals surface area contributed by atoms with E-state index in [1.807, 2.05) is 6.92 Å². The fourth-order valence-electron chi connectivity index (χ4n) is 2.53. The molecule has 1 saturated heterocycles. The van der Waals surface area contributed by atoms with E-state index in [9.17, 15) is 9.59 Å². The van der Waals surface area contributed by atoms with Crippen molar-refractivity contribution in [2.24, 2.45) is 5.92 Å². The molecule has 0 radical (unpaired) electrons. The molecule has 20 heavy (non-hydrogen) atoms. The molecule has 1 aliphatic heterocycles. The van der Waals surface area contributed by atoms with Gasteiger partial charge in [0.05, 0.1) is 12.2 Å². The lowest BCUT2D eigenvalue weighted by atomic mass is 9.92. The second-order valence-corrected chi connectivity index (χ2v) is 5.16. The Kier molecular flexibility index (Phi) is 4.60. The van der Waals surface area contributed by atoms with Crippen molar-refractivity contribution in [3.8, 4) is 0 Å². The molecule has 7 heteroatoms. The molecule has 2 atom stereocenters. The molecule has 2 rings (SSSR count). The van der Waals surface area contributed by atoms with E-state index in [0.717, 1.165) is 5.69 Å². The summed E-state index contributed by atoms with van der Waals surface area (Å²) in [5, 5.41) is 11.9. The van der Waals surface area contributed by atoms with Crippen LogP contribution in [0.25, 0.3) is 0 Å². The second kappa shape index (κ2) is 6.40. The number of aliphatic carboxylic acids is 1. The molecule has 0 aromatic carbocycles. The normalized spacial score (nSPS) is 22.6.